The zero-order valence-corrected chi connectivity index (χ0v) is 20.7. The van der Waals surface area contributed by atoms with Gasteiger partial charge in [-0.2, -0.15) is 15.0 Å². The number of nitrogens with zero attached hydrogens (tertiary/aromatic N) is 6. The molecule has 0 radical (unpaired) electrons. The van der Waals surface area contributed by atoms with Crippen LogP contribution in [0.5, 0.6) is 5.75 Å². The lowest BCUT2D eigenvalue weighted by Gasteiger charge is -2.37. The minimum atomic E-state index is -0.539. The molecule has 2 aliphatic rings. The Kier molecular flexibility index (Phi) is 7.24. The highest BCUT2D eigenvalue weighted by Crippen LogP contribution is 2.27. The number of hydrogen-bond donors (Lipinski definition) is 7. The third kappa shape index (κ3) is 5.91. The number of hydrogen-bond acceptors (Lipinski definition) is 14. The van der Waals surface area contributed by atoms with Gasteiger partial charge in [0.15, 0.2) is 5.82 Å². The molecule has 0 aliphatic carbocycles. The van der Waals surface area contributed by atoms with Crippen LogP contribution in [0.1, 0.15) is 23.2 Å². The van der Waals surface area contributed by atoms with Crippen LogP contribution in [-0.2, 0) is 0 Å². The van der Waals surface area contributed by atoms with Crippen LogP contribution in [0, 0.1) is 0 Å². The van der Waals surface area contributed by atoms with Gasteiger partial charge in [-0.1, -0.05) is 5.16 Å². The number of amides is 1. The molecule has 2 aliphatic heterocycles. The van der Waals surface area contributed by atoms with Crippen molar-refractivity contribution in [2.75, 3.05) is 46.6 Å². The van der Waals surface area contributed by atoms with Gasteiger partial charge in [0.25, 0.3) is 5.91 Å². The summed E-state index contributed by atoms with van der Waals surface area (Å²) >= 11 is 0. The van der Waals surface area contributed by atoms with Gasteiger partial charge >= 0.3 is 0 Å². The fraction of sp³-hybridized carbons (Fsp3) is 0.435. The average Bonchev–Trinajstić information content (AvgIpc) is 3.35. The third-order valence-electron chi connectivity index (χ3n) is 6.39. The van der Waals surface area contributed by atoms with Crippen molar-refractivity contribution in [2.45, 2.75) is 37.0 Å². The van der Waals surface area contributed by atoms with Gasteiger partial charge in [0, 0.05) is 68.2 Å². The zero-order valence-electron chi connectivity index (χ0n) is 20.7. The first-order chi connectivity index (χ1) is 18.2. The van der Waals surface area contributed by atoms with Crippen LogP contribution >= 0.6 is 0 Å². The number of phenols is 1. The summed E-state index contributed by atoms with van der Waals surface area (Å²) in [5.41, 5.74) is 25.4. The Morgan fingerprint density at radius 1 is 0.895 bits per heavy atom. The Labute approximate surface area is 218 Å². The average molecular weight is 525 g/mol. The summed E-state index contributed by atoms with van der Waals surface area (Å²) in [5.74, 6) is 0.530. The number of benzene rings is 1. The summed E-state index contributed by atoms with van der Waals surface area (Å²) in [6.45, 7) is 2.19. The fourth-order valence-corrected chi connectivity index (χ4v) is 4.77. The molecule has 11 N–H and O–H groups in total. The highest BCUT2D eigenvalue weighted by atomic mass is 16.5. The monoisotopic (exact) mass is 524 g/mol. The predicted octanol–water partition coefficient (Wildman–Crippen LogP) is -0.709. The quantitative estimate of drug-likeness (QED) is 0.211. The van der Waals surface area contributed by atoms with Crippen LogP contribution in [0.25, 0.3) is 0 Å². The van der Waals surface area contributed by atoms with Crippen LogP contribution in [0.2, 0.25) is 0 Å². The Morgan fingerprint density at radius 3 is 1.97 bits per heavy atom. The second-order valence-corrected chi connectivity index (χ2v) is 9.78. The summed E-state index contributed by atoms with van der Waals surface area (Å²) < 4.78 is 4.71. The van der Waals surface area contributed by atoms with Crippen molar-refractivity contribution < 1.29 is 14.4 Å². The number of aromatic nitrogens is 4. The fourth-order valence-electron chi connectivity index (χ4n) is 4.77. The molecule has 38 heavy (non-hydrogen) atoms. The second kappa shape index (κ2) is 10.7. The summed E-state index contributed by atoms with van der Waals surface area (Å²) in [5, 5.41) is 19.8. The molecule has 15 heteroatoms. The molecule has 0 spiro atoms. The van der Waals surface area contributed by atoms with E-state index in [2.05, 4.69) is 25.8 Å². The second-order valence-electron chi connectivity index (χ2n) is 9.78. The molecule has 1 aromatic carbocycles. The van der Waals surface area contributed by atoms with E-state index in [-0.39, 0.29) is 47.2 Å². The maximum absolute atomic E-state index is 12.5. The topological polar surface area (TPSA) is 237 Å². The van der Waals surface area contributed by atoms with Gasteiger partial charge in [-0.3, -0.25) is 4.79 Å². The maximum atomic E-state index is 12.5. The number of carbonyl (C=O) groups excluding carboxylic acids is 1. The van der Waals surface area contributed by atoms with E-state index in [1.165, 1.54) is 24.5 Å². The molecule has 2 aromatic heterocycles. The van der Waals surface area contributed by atoms with Crippen LogP contribution in [0.3, 0.4) is 0 Å². The third-order valence-corrected chi connectivity index (χ3v) is 6.39. The first-order valence-electron chi connectivity index (χ1n) is 12.3. The number of rotatable bonds is 6. The van der Waals surface area contributed by atoms with Crippen LogP contribution in [0.4, 0.5) is 29.4 Å². The molecule has 3 aromatic rings. The molecular formula is C23H32N12O3. The molecular weight excluding hydrogens is 492 g/mol. The number of phenolic OH excluding ortho intramolecular Hbond substituents is 1. The first kappa shape index (κ1) is 25.6. The number of aromatic hydroxyl groups is 1. The van der Waals surface area contributed by atoms with Crippen molar-refractivity contribution in [2.24, 2.45) is 22.9 Å². The Morgan fingerprint density at radius 2 is 1.47 bits per heavy atom. The van der Waals surface area contributed by atoms with Gasteiger partial charge in [-0.15, -0.1) is 0 Å². The molecule has 202 valence electrons. The molecule has 5 rings (SSSR count). The van der Waals surface area contributed by atoms with Gasteiger partial charge in [-0.25, -0.2) is 0 Å². The first-order valence-corrected chi connectivity index (χ1v) is 12.3. The minimum Gasteiger partial charge on any atom is -0.507 e. The number of nitrogens with two attached hydrogens (primary N) is 4. The number of nitrogens with one attached hydrogen (secondary N) is 2. The standard InChI is InChI=1S/C23H32N12O3/c24-12-5-13(25)9-34(8-12)22-30-21(31-23(32-22)35-10-14(26)6-15(27)11-35)28-16-1-2-17(18(36)7-16)20(37)29-19-3-4-38-33-19/h1-4,7,12-15,36H,5-6,8-11,24-27H2,(H,29,33,37)(H,28,30,31,32)/t12-,13+,14-,15+. The van der Waals surface area contributed by atoms with E-state index in [9.17, 15) is 9.90 Å². The van der Waals surface area contributed by atoms with Crippen molar-refractivity contribution in [1.82, 2.24) is 20.1 Å². The number of anilines is 5. The SMILES string of the molecule is N[C@@H]1C[C@H](N)CN(c2nc(Nc3ccc(C(=O)Nc4ccon4)c(O)c3)nc(N3C[C@H](N)C[C@H](N)C3)n2)C1. The van der Waals surface area contributed by atoms with Gasteiger partial charge < -0.3 is 53.0 Å². The highest BCUT2D eigenvalue weighted by Gasteiger charge is 2.29. The molecule has 1 amide bonds. The van der Waals surface area contributed by atoms with Crippen LogP contribution in [-0.4, -0.2) is 81.5 Å². The van der Waals surface area contributed by atoms with E-state index >= 15 is 0 Å². The molecule has 15 nitrogen and oxygen atoms in total. The molecule has 4 atom stereocenters. The summed E-state index contributed by atoms with van der Waals surface area (Å²) in [6, 6.07) is 5.55. The minimum absolute atomic E-state index is 0.0585. The lowest BCUT2D eigenvalue weighted by Crippen LogP contribution is -2.54. The molecule has 4 heterocycles. The van der Waals surface area contributed by atoms with Crippen LogP contribution < -0.4 is 43.4 Å². The normalized spacial score (nSPS) is 23.8. The van der Waals surface area contributed by atoms with Gasteiger partial charge in [-0.05, 0) is 25.0 Å². The van der Waals surface area contributed by atoms with E-state index in [1.54, 1.807) is 6.07 Å². The molecule has 0 bridgehead atoms. The smallest absolute Gasteiger partial charge is 0.260 e. The summed E-state index contributed by atoms with van der Waals surface area (Å²) in [4.78, 5) is 30.3. The van der Waals surface area contributed by atoms with E-state index < -0.39 is 5.91 Å². The lowest BCUT2D eigenvalue weighted by molar-refractivity contribution is 0.102. The van der Waals surface area contributed by atoms with Crippen molar-refractivity contribution >= 4 is 35.3 Å². The predicted molar refractivity (Wildman–Crippen MR) is 141 cm³/mol. The van der Waals surface area contributed by atoms with Crippen molar-refractivity contribution in [1.29, 1.82) is 0 Å². The van der Waals surface area contributed by atoms with E-state index in [1.807, 2.05) is 9.80 Å². The largest absolute Gasteiger partial charge is 0.507 e. The summed E-state index contributed by atoms with van der Waals surface area (Å²) in [6.07, 6.45) is 2.76. The molecule has 2 fully saturated rings. The van der Waals surface area contributed by atoms with E-state index in [0.717, 1.165) is 0 Å². The lowest BCUT2D eigenvalue weighted by atomic mass is 10.0. The molecule has 0 unspecified atom stereocenters. The number of carbonyl (C=O) groups is 1. The maximum Gasteiger partial charge on any atom is 0.260 e. The van der Waals surface area contributed by atoms with Gasteiger partial charge in [0.05, 0.1) is 5.56 Å². The Hall–Kier alpha value is -4.05. The molecule has 0 saturated carbocycles. The van der Waals surface area contributed by atoms with E-state index in [0.29, 0.717) is 56.6 Å². The van der Waals surface area contributed by atoms with Crippen molar-refractivity contribution in [3.63, 3.8) is 0 Å². The van der Waals surface area contributed by atoms with Crippen LogP contribution in [0.15, 0.2) is 35.1 Å². The highest BCUT2D eigenvalue weighted by molar-refractivity contribution is 6.05. The van der Waals surface area contributed by atoms with E-state index in [4.69, 9.17) is 32.4 Å². The Bertz CT molecular complexity index is 1210. The van der Waals surface area contributed by atoms with Crippen molar-refractivity contribution in [3.8, 4) is 5.75 Å². The Balaban J connectivity index is 1.41. The van der Waals surface area contributed by atoms with Gasteiger partial charge in [0.2, 0.25) is 17.8 Å². The van der Waals surface area contributed by atoms with Gasteiger partial charge in [0.1, 0.15) is 12.0 Å². The summed E-state index contributed by atoms with van der Waals surface area (Å²) in [7, 11) is 0. The molecule has 2 saturated heterocycles. The zero-order chi connectivity index (χ0) is 26.8. The van der Waals surface area contributed by atoms with Crippen molar-refractivity contribution in [3.05, 3.63) is 36.1 Å². The number of piperidine rings is 2.